The highest BCUT2D eigenvalue weighted by molar-refractivity contribution is 5.78. The Morgan fingerprint density at radius 3 is 2.91 bits per heavy atom. The van der Waals surface area contributed by atoms with Crippen molar-refractivity contribution < 1.29 is 9.18 Å². The van der Waals surface area contributed by atoms with Gasteiger partial charge in [-0.2, -0.15) is 0 Å². The minimum absolute atomic E-state index is 0.0168. The van der Waals surface area contributed by atoms with E-state index in [1.807, 2.05) is 30.6 Å². The van der Waals surface area contributed by atoms with E-state index >= 15 is 0 Å². The van der Waals surface area contributed by atoms with Gasteiger partial charge >= 0.3 is 6.03 Å². The summed E-state index contributed by atoms with van der Waals surface area (Å²) in [6.07, 6.45) is 2.77. The van der Waals surface area contributed by atoms with Crippen LogP contribution in [0, 0.1) is 5.82 Å². The van der Waals surface area contributed by atoms with Gasteiger partial charge in [0.1, 0.15) is 6.33 Å². The fourth-order valence-electron chi connectivity index (χ4n) is 3.47. The summed E-state index contributed by atoms with van der Waals surface area (Å²) in [5.74, 6) is 0.0102. The molecule has 0 aromatic carbocycles. The van der Waals surface area contributed by atoms with E-state index in [0.29, 0.717) is 31.0 Å². The zero-order chi connectivity index (χ0) is 15.9. The van der Waals surface area contributed by atoms with E-state index in [2.05, 4.69) is 15.3 Å². The fourth-order valence-corrected chi connectivity index (χ4v) is 3.47. The standard InChI is InChI=1S/C15H22FN5O/c1-4-10-13(16)14(18-8-17-10)20-6-5-12-11(7-20)19-15(22)21(12)9(2)3/h8-9,11-12H,4-7H2,1-3H3,(H,19,22)/t11-,12+/m1/s1. The molecule has 0 bridgehead atoms. The number of nitrogens with one attached hydrogen (secondary N) is 1. The molecule has 0 spiro atoms. The predicted octanol–water partition coefficient (Wildman–Crippen LogP) is 1.56. The number of piperidine rings is 1. The molecule has 2 amide bonds. The number of amides is 2. The number of nitrogens with zero attached hydrogens (tertiary/aromatic N) is 4. The lowest BCUT2D eigenvalue weighted by atomic mass is 9.99. The number of fused-ring (bicyclic) bond motifs is 1. The monoisotopic (exact) mass is 307 g/mol. The summed E-state index contributed by atoms with van der Waals surface area (Å²) >= 11 is 0. The molecular weight excluding hydrogens is 285 g/mol. The van der Waals surface area contributed by atoms with Crippen molar-refractivity contribution in [3.05, 3.63) is 17.8 Å². The summed E-state index contributed by atoms with van der Waals surface area (Å²) in [7, 11) is 0. The molecular formula is C15H22FN5O. The van der Waals surface area contributed by atoms with Crippen molar-refractivity contribution in [2.24, 2.45) is 0 Å². The van der Waals surface area contributed by atoms with Gasteiger partial charge in [0.2, 0.25) is 0 Å². The molecule has 6 nitrogen and oxygen atoms in total. The minimum Gasteiger partial charge on any atom is -0.352 e. The lowest BCUT2D eigenvalue weighted by Crippen LogP contribution is -2.52. The number of urea groups is 1. The molecule has 0 radical (unpaired) electrons. The number of aromatic nitrogens is 2. The molecule has 2 atom stereocenters. The number of hydrogen-bond donors (Lipinski definition) is 1. The number of carbonyl (C=O) groups is 1. The molecule has 2 saturated heterocycles. The normalized spacial score (nSPS) is 24.7. The van der Waals surface area contributed by atoms with Crippen molar-refractivity contribution in [1.82, 2.24) is 20.2 Å². The molecule has 2 fully saturated rings. The lowest BCUT2D eigenvalue weighted by molar-refractivity contribution is 0.175. The van der Waals surface area contributed by atoms with E-state index in [1.54, 1.807) is 0 Å². The Balaban J connectivity index is 1.80. The highest BCUT2D eigenvalue weighted by Crippen LogP contribution is 2.28. The zero-order valence-electron chi connectivity index (χ0n) is 13.2. The smallest absolute Gasteiger partial charge is 0.318 e. The van der Waals surface area contributed by atoms with E-state index in [1.165, 1.54) is 6.33 Å². The SMILES string of the molecule is CCc1ncnc(N2CC[C@H]3[C@@H](C2)NC(=O)N3C(C)C)c1F. The second kappa shape index (κ2) is 5.70. The second-order valence-electron chi connectivity index (χ2n) is 6.17. The molecule has 0 saturated carbocycles. The van der Waals surface area contributed by atoms with Crippen LogP contribution in [0.4, 0.5) is 15.0 Å². The Morgan fingerprint density at radius 2 is 2.23 bits per heavy atom. The molecule has 3 heterocycles. The molecule has 0 aliphatic carbocycles. The summed E-state index contributed by atoms with van der Waals surface area (Å²) in [5.41, 5.74) is 0.436. The number of anilines is 1. The average molecular weight is 307 g/mol. The minimum atomic E-state index is -0.339. The van der Waals surface area contributed by atoms with E-state index in [-0.39, 0.29) is 30.0 Å². The molecule has 1 aromatic rings. The third-order valence-electron chi connectivity index (χ3n) is 4.51. The molecule has 2 aliphatic heterocycles. The van der Waals surface area contributed by atoms with Crippen molar-refractivity contribution in [1.29, 1.82) is 0 Å². The Labute approximate surface area is 129 Å². The quantitative estimate of drug-likeness (QED) is 0.920. The lowest BCUT2D eigenvalue weighted by Gasteiger charge is -2.38. The molecule has 0 unspecified atom stereocenters. The van der Waals surface area contributed by atoms with E-state index < -0.39 is 0 Å². The summed E-state index contributed by atoms with van der Waals surface area (Å²) in [5, 5.41) is 3.01. The first kappa shape index (κ1) is 15.0. The Kier molecular flexibility index (Phi) is 3.88. The van der Waals surface area contributed by atoms with Gasteiger partial charge in [-0.05, 0) is 26.7 Å². The van der Waals surface area contributed by atoms with Crippen molar-refractivity contribution in [2.45, 2.75) is 51.7 Å². The van der Waals surface area contributed by atoms with Crippen LogP contribution < -0.4 is 10.2 Å². The van der Waals surface area contributed by atoms with Gasteiger partial charge in [-0.25, -0.2) is 19.2 Å². The summed E-state index contributed by atoms with van der Waals surface area (Å²) in [6.45, 7) is 7.18. The largest absolute Gasteiger partial charge is 0.352 e. The summed E-state index contributed by atoms with van der Waals surface area (Å²) < 4.78 is 14.4. The van der Waals surface area contributed by atoms with Gasteiger partial charge in [0.05, 0.1) is 17.8 Å². The number of carbonyl (C=O) groups excluding carboxylic acids is 1. The van der Waals surface area contributed by atoms with Crippen LogP contribution >= 0.6 is 0 Å². The maximum Gasteiger partial charge on any atom is 0.318 e. The van der Waals surface area contributed by atoms with Crippen LogP contribution in [-0.4, -0.2) is 52.1 Å². The first-order valence-electron chi connectivity index (χ1n) is 7.86. The van der Waals surface area contributed by atoms with E-state index in [9.17, 15) is 9.18 Å². The fraction of sp³-hybridized carbons (Fsp3) is 0.667. The highest BCUT2D eigenvalue weighted by Gasteiger charge is 2.44. The number of hydrogen-bond acceptors (Lipinski definition) is 4. The average Bonchev–Trinajstić information content (AvgIpc) is 2.82. The Bertz CT molecular complexity index is 579. The van der Waals surface area contributed by atoms with E-state index in [4.69, 9.17) is 0 Å². The van der Waals surface area contributed by atoms with Crippen LogP contribution in [0.5, 0.6) is 0 Å². The molecule has 1 N–H and O–H groups in total. The van der Waals surface area contributed by atoms with Gasteiger partial charge in [-0.1, -0.05) is 6.92 Å². The molecule has 7 heteroatoms. The Morgan fingerprint density at radius 1 is 1.45 bits per heavy atom. The van der Waals surface area contributed by atoms with Crippen molar-refractivity contribution in [3.63, 3.8) is 0 Å². The molecule has 120 valence electrons. The Hall–Kier alpha value is -1.92. The zero-order valence-corrected chi connectivity index (χ0v) is 13.2. The second-order valence-corrected chi connectivity index (χ2v) is 6.17. The van der Waals surface area contributed by atoms with Crippen LogP contribution in [0.3, 0.4) is 0 Å². The number of halogens is 1. The van der Waals surface area contributed by atoms with Crippen LogP contribution in [0.25, 0.3) is 0 Å². The van der Waals surface area contributed by atoms with Crippen LogP contribution in [-0.2, 0) is 6.42 Å². The van der Waals surface area contributed by atoms with Gasteiger partial charge in [0.15, 0.2) is 11.6 Å². The topological polar surface area (TPSA) is 61.4 Å². The van der Waals surface area contributed by atoms with Gasteiger partial charge in [0, 0.05) is 19.1 Å². The maximum absolute atomic E-state index is 14.4. The third-order valence-corrected chi connectivity index (χ3v) is 4.51. The van der Waals surface area contributed by atoms with E-state index in [0.717, 1.165) is 6.42 Å². The van der Waals surface area contributed by atoms with Crippen LogP contribution in [0.1, 0.15) is 32.9 Å². The van der Waals surface area contributed by atoms with Crippen molar-refractivity contribution in [2.75, 3.05) is 18.0 Å². The van der Waals surface area contributed by atoms with Crippen molar-refractivity contribution in [3.8, 4) is 0 Å². The predicted molar refractivity (Wildman–Crippen MR) is 81.3 cm³/mol. The molecule has 22 heavy (non-hydrogen) atoms. The van der Waals surface area contributed by atoms with Crippen molar-refractivity contribution >= 4 is 11.8 Å². The van der Waals surface area contributed by atoms with Gasteiger partial charge in [0.25, 0.3) is 0 Å². The number of rotatable bonds is 3. The number of aryl methyl sites for hydroxylation is 1. The molecule has 1 aromatic heterocycles. The first-order chi connectivity index (χ1) is 10.5. The van der Waals surface area contributed by atoms with Gasteiger partial charge in [-0.15, -0.1) is 0 Å². The third kappa shape index (κ3) is 2.38. The van der Waals surface area contributed by atoms with Crippen LogP contribution in [0.2, 0.25) is 0 Å². The summed E-state index contributed by atoms with van der Waals surface area (Å²) in [6, 6.07) is 0.343. The molecule has 3 rings (SSSR count). The van der Waals surface area contributed by atoms with Gasteiger partial charge in [-0.3, -0.25) is 0 Å². The highest BCUT2D eigenvalue weighted by atomic mass is 19.1. The van der Waals surface area contributed by atoms with Crippen LogP contribution in [0.15, 0.2) is 6.33 Å². The summed E-state index contributed by atoms with van der Waals surface area (Å²) in [4.78, 5) is 24.0. The molecule has 2 aliphatic rings. The maximum atomic E-state index is 14.4. The van der Waals surface area contributed by atoms with Gasteiger partial charge < -0.3 is 15.1 Å². The first-order valence-corrected chi connectivity index (χ1v) is 7.86.